The number of amides is 1. The maximum Gasteiger partial charge on any atom is 0.255 e. The van der Waals surface area contributed by atoms with Gasteiger partial charge in [0.2, 0.25) is 0 Å². The molecular weight excluding hydrogens is 316 g/mol. The lowest BCUT2D eigenvalue weighted by Gasteiger charge is -2.08. The molecule has 0 saturated carbocycles. The fourth-order valence-electron chi connectivity index (χ4n) is 2.68. The van der Waals surface area contributed by atoms with E-state index in [1.807, 2.05) is 49.4 Å². The zero-order chi connectivity index (χ0) is 17.8. The van der Waals surface area contributed by atoms with Crippen LogP contribution in [0.15, 0.2) is 42.5 Å². The van der Waals surface area contributed by atoms with Crippen LogP contribution in [0.25, 0.3) is 10.9 Å². The monoisotopic (exact) mass is 338 g/mol. The van der Waals surface area contributed by atoms with Gasteiger partial charge in [0, 0.05) is 35.0 Å². The summed E-state index contributed by atoms with van der Waals surface area (Å²) in [7, 11) is 1.63. The summed E-state index contributed by atoms with van der Waals surface area (Å²) in [5.41, 5.74) is 4.70. The van der Waals surface area contributed by atoms with E-state index < -0.39 is 0 Å². The first kappa shape index (κ1) is 17.0. The van der Waals surface area contributed by atoms with Gasteiger partial charge in [0.05, 0.1) is 6.61 Å². The van der Waals surface area contributed by atoms with Gasteiger partial charge in [0.15, 0.2) is 0 Å². The zero-order valence-electron chi connectivity index (χ0n) is 14.7. The van der Waals surface area contributed by atoms with Crippen LogP contribution in [0.4, 0.5) is 5.69 Å². The normalized spacial score (nSPS) is 10.8. The number of aromatic amines is 1. The number of nitrogens with one attached hydrogen (secondary N) is 2. The average Bonchev–Trinajstić information content (AvgIpc) is 2.90. The number of aryl methyl sites for hydroxylation is 2. The van der Waals surface area contributed by atoms with Gasteiger partial charge < -0.3 is 19.8 Å². The molecule has 0 fully saturated rings. The van der Waals surface area contributed by atoms with Gasteiger partial charge >= 0.3 is 0 Å². The van der Waals surface area contributed by atoms with Crippen molar-refractivity contribution in [2.75, 3.05) is 25.6 Å². The van der Waals surface area contributed by atoms with Gasteiger partial charge in [-0.3, -0.25) is 4.79 Å². The number of hydrogen-bond donors (Lipinski definition) is 2. The molecule has 0 aliphatic carbocycles. The summed E-state index contributed by atoms with van der Waals surface area (Å²) in [5.74, 6) is 0.614. The first-order chi connectivity index (χ1) is 12.1. The molecule has 25 heavy (non-hydrogen) atoms. The molecule has 0 atom stereocenters. The highest BCUT2D eigenvalue weighted by molar-refractivity contribution is 6.06. The van der Waals surface area contributed by atoms with E-state index >= 15 is 0 Å². The van der Waals surface area contributed by atoms with Gasteiger partial charge in [-0.25, -0.2) is 0 Å². The van der Waals surface area contributed by atoms with E-state index in [0.717, 1.165) is 28.0 Å². The van der Waals surface area contributed by atoms with E-state index in [1.54, 1.807) is 7.11 Å². The summed E-state index contributed by atoms with van der Waals surface area (Å²) in [6, 6.07) is 13.0. The molecule has 3 aromatic rings. The van der Waals surface area contributed by atoms with E-state index in [4.69, 9.17) is 9.47 Å². The van der Waals surface area contributed by atoms with Crippen LogP contribution < -0.4 is 10.1 Å². The zero-order valence-corrected chi connectivity index (χ0v) is 14.7. The number of hydrogen-bond acceptors (Lipinski definition) is 3. The molecule has 3 rings (SSSR count). The molecule has 0 unspecified atom stereocenters. The quantitative estimate of drug-likeness (QED) is 0.666. The fraction of sp³-hybridized carbons (Fsp3) is 0.250. The van der Waals surface area contributed by atoms with E-state index in [-0.39, 0.29) is 5.91 Å². The summed E-state index contributed by atoms with van der Waals surface area (Å²) in [6.45, 7) is 5.13. The van der Waals surface area contributed by atoms with Gasteiger partial charge in [-0.1, -0.05) is 0 Å². The van der Waals surface area contributed by atoms with Crippen molar-refractivity contribution in [1.29, 1.82) is 0 Å². The number of rotatable bonds is 6. The molecule has 0 spiro atoms. The predicted molar refractivity (Wildman–Crippen MR) is 99.5 cm³/mol. The van der Waals surface area contributed by atoms with Gasteiger partial charge in [-0.05, 0) is 61.9 Å². The molecule has 0 saturated heterocycles. The lowest BCUT2D eigenvalue weighted by atomic mass is 10.1. The molecule has 2 aromatic carbocycles. The van der Waals surface area contributed by atoms with E-state index in [0.29, 0.717) is 18.8 Å². The number of ether oxygens (including phenoxy) is 2. The largest absolute Gasteiger partial charge is 0.491 e. The van der Waals surface area contributed by atoms with Crippen molar-refractivity contribution in [3.8, 4) is 5.75 Å². The summed E-state index contributed by atoms with van der Waals surface area (Å²) >= 11 is 0. The predicted octanol–water partition coefficient (Wildman–Crippen LogP) is 4.06. The van der Waals surface area contributed by atoms with Crippen molar-refractivity contribution in [3.63, 3.8) is 0 Å². The smallest absolute Gasteiger partial charge is 0.255 e. The van der Waals surface area contributed by atoms with Crippen molar-refractivity contribution in [3.05, 3.63) is 59.3 Å². The van der Waals surface area contributed by atoms with Gasteiger partial charge in [0.1, 0.15) is 12.4 Å². The lowest BCUT2D eigenvalue weighted by molar-refractivity contribution is 0.102. The summed E-state index contributed by atoms with van der Waals surface area (Å²) in [5, 5.41) is 3.99. The Labute approximate surface area is 147 Å². The van der Waals surface area contributed by atoms with Crippen LogP contribution in [0.1, 0.15) is 21.6 Å². The van der Waals surface area contributed by atoms with Crippen LogP contribution >= 0.6 is 0 Å². The third-order valence-electron chi connectivity index (χ3n) is 4.24. The van der Waals surface area contributed by atoms with Crippen LogP contribution in [0.3, 0.4) is 0 Å². The standard InChI is InChI=1S/C20H22N2O3/c1-13-14(2)21-19-9-4-15(12-18(13)19)20(23)22-16-5-7-17(8-6-16)25-11-10-24-3/h4-9,12,21H,10-11H2,1-3H3,(H,22,23). The number of anilines is 1. The highest BCUT2D eigenvalue weighted by Crippen LogP contribution is 2.23. The number of fused-ring (bicyclic) bond motifs is 1. The number of carbonyl (C=O) groups is 1. The molecule has 0 aliphatic rings. The molecule has 5 nitrogen and oxygen atoms in total. The van der Waals surface area contributed by atoms with Crippen molar-refractivity contribution in [1.82, 2.24) is 4.98 Å². The SMILES string of the molecule is COCCOc1ccc(NC(=O)c2ccc3[nH]c(C)c(C)c3c2)cc1. The molecular formula is C20H22N2O3. The van der Waals surface area contributed by atoms with Crippen LogP contribution in [-0.2, 0) is 4.74 Å². The summed E-state index contributed by atoms with van der Waals surface area (Å²) in [6.07, 6.45) is 0. The van der Waals surface area contributed by atoms with E-state index in [2.05, 4.69) is 17.2 Å². The molecule has 1 heterocycles. The maximum absolute atomic E-state index is 12.5. The van der Waals surface area contributed by atoms with E-state index in [9.17, 15) is 4.79 Å². The molecule has 0 aliphatic heterocycles. The molecule has 0 radical (unpaired) electrons. The maximum atomic E-state index is 12.5. The average molecular weight is 338 g/mol. The molecule has 130 valence electrons. The second kappa shape index (κ2) is 7.40. The third kappa shape index (κ3) is 3.83. The Morgan fingerprint density at radius 2 is 1.84 bits per heavy atom. The van der Waals surface area contributed by atoms with Crippen LogP contribution in [-0.4, -0.2) is 31.2 Å². The Morgan fingerprint density at radius 1 is 1.08 bits per heavy atom. The molecule has 5 heteroatoms. The highest BCUT2D eigenvalue weighted by Gasteiger charge is 2.10. The first-order valence-corrected chi connectivity index (χ1v) is 8.20. The van der Waals surface area contributed by atoms with Crippen LogP contribution in [0, 0.1) is 13.8 Å². The number of benzene rings is 2. The Hall–Kier alpha value is -2.79. The summed E-state index contributed by atoms with van der Waals surface area (Å²) in [4.78, 5) is 15.8. The number of aromatic nitrogens is 1. The summed E-state index contributed by atoms with van der Waals surface area (Å²) < 4.78 is 10.5. The van der Waals surface area contributed by atoms with Gasteiger partial charge in [-0.2, -0.15) is 0 Å². The van der Waals surface area contributed by atoms with Gasteiger partial charge in [0.25, 0.3) is 5.91 Å². The number of H-pyrrole nitrogens is 1. The first-order valence-electron chi connectivity index (χ1n) is 8.20. The van der Waals surface area contributed by atoms with Crippen molar-refractivity contribution >= 4 is 22.5 Å². The Morgan fingerprint density at radius 3 is 2.56 bits per heavy atom. The van der Waals surface area contributed by atoms with E-state index in [1.165, 1.54) is 5.56 Å². The second-order valence-electron chi connectivity index (χ2n) is 5.96. The number of carbonyl (C=O) groups excluding carboxylic acids is 1. The fourth-order valence-corrected chi connectivity index (χ4v) is 2.68. The molecule has 0 bridgehead atoms. The second-order valence-corrected chi connectivity index (χ2v) is 5.96. The van der Waals surface area contributed by atoms with Crippen molar-refractivity contribution in [2.24, 2.45) is 0 Å². The number of methoxy groups -OCH3 is 1. The molecule has 1 aromatic heterocycles. The lowest BCUT2D eigenvalue weighted by Crippen LogP contribution is -2.11. The molecule has 1 amide bonds. The molecule has 2 N–H and O–H groups in total. The minimum Gasteiger partial charge on any atom is -0.491 e. The van der Waals surface area contributed by atoms with Crippen LogP contribution in [0.2, 0.25) is 0 Å². The minimum atomic E-state index is -0.131. The highest BCUT2D eigenvalue weighted by atomic mass is 16.5. The topological polar surface area (TPSA) is 63.4 Å². The minimum absolute atomic E-state index is 0.131. The van der Waals surface area contributed by atoms with Crippen molar-refractivity contribution in [2.45, 2.75) is 13.8 Å². The van der Waals surface area contributed by atoms with Crippen molar-refractivity contribution < 1.29 is 14.3 Å². The third-order valence-corrected chi connectivity index (χ3v) is 4.24. The van der Waals surface area contributed by atoms with Gasteiger partial charge in [-0.15, -0.1) is 0 Å². The Bertz CT molecular complexity index is 882. The van der Waals surface area contributed by atoms with Crippen LogP contribution in [0.5, 0.6) is 5.75 Å². The Balaban J connectivity index is 1.70. The Kier molecular flexibility index (Phi) is 5.05.